The molecule has 0 saturated carbocycles. The normalized spacial score (nSPS) is 11.7. The third-order valence-corrected chi connectivity index (χ3v) is 3.92. The van der Waals surface area contributed by atoms with Crippen LogP contribution < -0.4 is 10.1 Å². The summed E-state index contributed by atoms with van der Waals surface area (Å²) in [6.45, 7) is 5.14. The van der Waals surface area contributed by atoms with Crippen LogP contribution in [0.5, 0.6) is 5.75 Å². The number of aryl methyl sites for hydroxylation is 1. The molecule has 0 spiro atoms. The molecule has 0 aliphatic heterocycles. The number of carbonyl (C=O) groups is 2. The number of carbonyl (C=O) groups excluding carboxylic acids is 2. The summed E-state index contributed by atoms with van der Waals surface area (Å²) in [6.07, 6.45) is -0.671. The highest BCUT2D eigenvalue weighted by Gasteiger charge is 2.16. The molecule has 1 amide bonds. The van der Waals surface area contributed by atoms with Gasteiger partial charge in [-0.05, 0) is 66.5 Å². The third kappa shape index (κ3) is 4.66. The molecule has 2 aromatic rings. The van der Waals surface area contributed by atoms with Gasteiger partial charge in [0.1, 0.15) is 5.75 Å². The number of anilines is 1. The van der Waals surface area contributed by atoms with Gasteiger partial charge >= 0.3 is 0 Å². The Kier molecular flexibility index (Phi) is 5.55. The molecule has 1 atom stereocenters. The third-order valence-electron chi connectivity index (χ3n) is 3.30. The quantitative estimate of drug-likeness (QED) is 0.789. The first-order valence-corrected chi connectivity index (χ1v) is 8.01. The summed E-state index contributed by atoms with van der Waals surface area (Å²) in [4.78, 5) is 23.6. The van der Waals surface area contributed by atoms with Crippen molar-refractivity contribution in [3.8, 4) is 5.75 Å². The average Bonchev–Trinajstić information content (AvgIpc) is 2.50. The van der Waals surface area contributed by atoms with E-state index >= 15 is 0 Å². The van der Waals surface area contributed by atoms with Crippen molar-refractivity contribution in [2.45, 2.75) is 26.9 Å². The summed E-state index contributed by atoms with van der Waals surface area (Å²) >= 11 is 3.42. The fourth-order valence-corrected chi connectivity index (χ4v) is 2.59. The molecule has 1 N–H and O–H groups in total. The molecule has 2 rings (SSSR count). The molecule has 1 unspecified atom stereocenters. The van der Waals surface area contributed by atoms with Gasteiger partial charge in [-0.15, -0.1) is 0 Å². The Morgan fingerprint density at radius 1 is 1.17 bits per heavy atom. The van der Waals surface area contributed by atoms with E-state index in [1.807, 2.05) is 25.1 Å². The Morgan fingerprint density at radius 3 is 2.57 bits per heavy atom. The van der Waals surface area contributed by atoms with Crippen molar-refractivity contribution in [2.75, 3.05) is 5.32 Å². The van der Waals surface area contributed by atoms with Crippen molar-refractivity contribution in [2.24, 2.45) is 0 Å². The largest absolute Gasteiger partial charge is 0.480 e. The number of nitrogens with one attached hydrogen (secondary N) is 1. The predicted molar refractivity (Wildman–Crippen MR) is 94.0 cm³/mol. The molecule has 2 aromatic carbocycles. The van der Waals surface area contributed by atoms with E-state index in [4.69, 9.17) is 4.74 Å². The Morgan fingerprint density at radius 2 is 1.91 bits per heavy atom. The molecule has 5 heteroatoms. The fourth-order valence-electron chi connectivity index (χ4n) is 2.01. The van der Waals surface area contributed by atoms with Gasteiger partial charge in [-0.2, -0.15) is 0 Å². The average molecular weight is 376 g/mol. The zero-order valence-electron chi connectivity index (χ0n) is 13.2. The molecule has 120 valence electrons. The van der Waals surface area contributed by atoms with Crippen LogP contribution in [0, 0.1) is 6.92 Å². The second-order valence-corrected chi connectivity index (χ2v) is 6.17. The number of halogens is 1. The minimum atomic E-state index is -0.671. The lowest BCUT2D eigenvalue weighted by Crippen LogP contribution is -2.30. The molecular formula is C18H18BrNO3. The van der Waals surface area contributed by atoms with Crippen LogP contribution in [-0.2, 0) is 4.79 Å². The smallest absolute Gasteiger partial charge is 0.265 e. The molecule has 0 aliphatic rings. The summed E-state index contributed by atoms with van der Waals surface area (Å²) < 4.78 is 6.49. The number of ether oxygens (including phenoxy) is 1. The molecule has 0 radical (unpaired) electrons. The summed E-state index contributed by atoms with van der Waals surface area (Å²) in [5.41, 5.74) is 2.22. The standard InChI is InChI=1S/C18H18BrNO3/c1-11-7-8-17(16(19)9-11)23-13(3)18(22)20-15-6-4-5-14(10-15)12(2)21/h4-10,13H,1-3H3,(H,20,22). The van der Waals surface area contributed by atoms with E-state index < -0.39 is 6.10 Å². The van der Waals surface area contributed by atoms with Gasteiger partial charge in [-0.3, -0.25) is 9.59 Å². The van der Waals surface area contributed by atoms with Gasteiger partial charge in [0.25, 0.3) is 5.91 Å². The number of benzene rings is 2. The summed E-state index contributed by atoms with van der Waals surface area (Å²) in [5.74, 6) is 0.280. The van der Waals surface area contributed by atoms with Gasteiger partial charge in [0.2, 0.25) is 0 Å². The highest BCUT2D eigenvalue weighted by atomic mass is 79.9. The molecule has 0 aliphatic carbocycles. The monoisotopic (exact) mass is 375 g/mol. The lowest BCUT2D eigenvalue weighted by molar-refractivity contribution is -0.122. The number of Topliss-reactive ketones (excluding diaryl/α,β-unsaturated/α-hetero) is 1. The van der Waals surface area contributed by atoms with Crippen LogP contribution >= 0.6 is 15.9 Å². The van der Waals surface area contributed by atoms with E-state index in [1.165, 1.54) is 6.92 Å². The maximum atomic E-state index is 12.2. The number of rotatable bonds is 5. The summed E-state index contributed by atoms with van der Waals surface area (Å²) in [5, 5.41) is 2.76. The topological polar surface area (TPSA) is 55.4 Å². The second-order valence-electron chi connectivity index (χ2n) is 5.32. The number of ketones is 1. The summed E-state index contributed by atoms with van der Waals surface area (Å²) in [6, 6.07) is 12.5. The molecule has 0 aromatic heterocycles. The molecule has 23 heavy (non-hydrogen) atoms. The van der Waals surface area contributed by atoms with Crippen LogP contribution in [0.1, 0.15) is 29.8 Å². The first-order chi connectivity index (χ1) is 10.9. The maximum Gasteiger partial charge on any atom is 0.265 e. The van der Waals surface area contributed by atoms with E-state index in [0.29, 0.717) is 17.0 Å². The molecule has 0 heterocycles. The van der Waals surface area contributed by atoms with Crippen molar-refractivity contribution in [3.63, 3.8) is 0 Å². The van der Waals surface area contributed by atoms with Crippen LogP contribution in [0.4, 0.5) is 5.69 Å². The lowest BCUT2D eigenvalue weighted by atomic mass is 10.1. The first-order valence-electron chi connectivity index (χ1n) is 7.21. The molecular weight excluding hydrogens is 358 g/mol. The lowest BCUT2D eigenvalue weighted by Gasteiger charge is -2.16. The number of hydrogen-bond acceptors (Lipinski definition) is 3. The Bertz CT molecular complexity index is 743. The van der Waals surface area contributed by atoms with Crippen molar-refractivity contribution < 1.29 is 14.3 Å². The molecule has 4 nitrogen and oxygen atoms in total. The van der Waals surface area contributed by atoms with Crippen molar-refractivity contribution >= 4 is 33.3 Å². The fraction of sp³-hybridized carbons (Fsp3) is 0.222. The van der Waals surface area contributed by atoms with E-state index in [9.17, 15) is 9.59 Å². The Balaban J connectivity index is 2.05. The van der Waals surface area contributed by atoms with Crippen LogP contribution in [0.15, 0.2) is 46.9 Å². The highest BCUT2D eigenvalue weighted by Crippen LogP contribution is 2.26. The Hall–Kier alpha value is -2.14. The maximum absolute atomic E-state index is 12.2. The van der Waals surface area contributed by atoms with E-state index in [0.717, 1.165) is 10.0 Å². The molecule has 0 fully saturated rings. The Labute approximate surface area is 144 Å². The zero-order valence-corrected chi connectivity index (χ0v) is 14.8. The summed E-state index contributed by atoms with van der Waals surface area (Å²) in [7, 11) is 0. The van der Waals surface area contributed by atoms with Crippen LogP contribution in [0.2, 0.25) is 0 Å². The second kappa shape index (κ2) is 7.42. The van der Waals surface area contributed by atoms with Crippen molar-refractivity contribution in [1.29, 1.82) is 0 Å². The zero-order chi connectivity index (χ0) is 17.0. The predicted octanol–water partition coefficient (Wildman–Crippen LogP) is 4.37. The van der Waals surface area contributed by atoms with Gasteiger partial charge < -0.3 is 10.1 Å². The van der Waals surface area contributed by atoms with E-state index in [-0.39, 0.29) is 11.7 Å². The van der Waals surface area contributed by atoms with Crippen LogP contribution in [0.25, 0.3) is 0 Å². The molecule has 0 bridgehead atoms. The highest BCUT2D eigenvalue weighted by molar-refractivity contribution is 9.10. The van der Waals surface area contributed by atoms with Gasteiger partial charge in [0.15, 0.2) is 11.9 Å². The first kappa shape index (κ1) is 17.2. The van der Waals surface area contributed by atoms with Gasteiger partial charge in [0, 0.05) is 11.3 Å². The van der Waals surface area contributed by atoms with Crippen LogP contribution in [-0.4, -0.2) is 17.8 Å². The molecule has 0 saturated heterocycles. The van der Waals surface area contributed by atoms with Crippen molar-refractivity contribution in [3.05, 3.63) is 58.1 Å². The van der Waals surface area contributed by atoms with Crippen molar-refractivity contribution in [1.82, 2.24) is 0 Å². The van der Waals surface area contributed by atoms with E-state index in [2.05, 4.69) is 21.2 Å². The number of amides is 1. The minimum absolute atomic E-state index is 0.0472. The SMILES string of the molecule is CC(=O)c1cccc(NC(=O)C(C)Oc2ccc(C)cc2Br)c1. The minimum Gasteiger partial charge on any atom is -0.480 e. The van der Waals surface area contributed by atoms with Gasteiger partial charge in [-0.25, -0.2) is 0 Å². The van der Waals surface area contributed by atoms with Gasteiger partial charge in [0.05, 0.1) is 4.47 Å². The van der Waals surface area contributed by atoms with Gasteiger partial charge in [-0.1, -0.05) is 18.2 Å². The number of hydrogen-bond donors (Lipinski definition) is 1. The van der Waals surface area contributed by atoms with Crippen LogP contribution in [0.3, 0.4) is 0 Å². The van der Waals surface area contributed by atoms with E-state index in [1.54, 1.807) is 31.2 Å².